The number of esters is 1. The summed E-state index contributed by atoms with van der Waals surface area (Å²) in [4.78, 5) is 11.7. The van der Waals surface area contributed by atoms with E-state index in [0.29, 0.717) is 5.75 Å². The maximum atomic E-state index is 11.7. The molecule has 1 N–H and O–H groups in total. The highest BCUT2D eigenvalue weighted by Gasteiger charge is 2.07. The Kier molecular flexibility index (Phi) is 23.7. The van der Waals surface area contributed by atoms with Crippen LogP contribution < -0.4 is 0 Å². The Labute approximate surface area is 205 Å². The van der Waals surface area contributed by atoms with Gasteiger partial charge in [-0.3, -0.25) is 4.79 Å². The number of carbonyl (C=O) groups excluding carboxylic acids is 1. The fourth-order valence-corrected chi connectivity index (χ4v) is 3.56. The molecule has 0 aliphatic carbocycles. The van der Waals surface area contributed by atoms with E-state index in [2.05, 4.69) is 47.2 Å². The zero-order valence-electron chi connectivity index (χ0n) is 22.0. The van der Waals surface area contributed by atoms with Gasteiger partial charge in [-0.15, -0.1) is 0 Å². The van der Waals surface area contributed by atoms with Crippen molar-refractivity contribution >= 4 is 18.6 Å². The number of thiol groups is 1. The van der Waals surface area contributed by atoms with E-state index in [1.807, 2.05) is 19.9 Å². The van der Waals surface area contributed by atoms with Crippen LogP contribution in [0.5, 0.6) is 0 Å². The Morgan fingerprint density at radius 2 is 1.47 bits per heavy atom. The molecular weight excluding hydrogens is 416 g/mol. The molecule has 0 aromatic heterocycles. The van der Waals surface area contributed by atoms with Crippen LogP contribution in [0.4, 0.5) is 0 Å². The lowest BCUT2D eigenvalue weighted by molar-refractivity contribution is -0.137. The van der Waals surface area contributed by atoms with Gasteiger partial charge in [0.1, 0.15) is 12.0 Å². The Morgan fingerprint density at radius 3 is 2.00 bits per heavy atom. The molecule has 2 atom stereocenters. The van der Waals surface area contributed by atoms with Crippen molar-refractivity contribution in [3.8, 4) is 0 Å². The third-order valence-electron chi connectivity index (χ3n) is 5.46. The summed E-state index contributed by atoms with van der Waals surface area (Å²) in [6, 6.07) is 0. The first-order valence-electron chi connectivity index (χ1n) is 12.8. The molecule has 32 heavy (non-hydrogen) atoms. The van der Waals surface area contributed by atoms with E-state index in [-0.39, 0.29) is 18.1 Å². The van der Waals surface area contributed by atoms with Gasteiger partial charge in [-0.05, 0) is 43.6 Å². The summed E-state index contributed by atoms with van der Waals surface area (Å²) in [6.07, 6.45) is 17.9. The molecule has 0 bridgehead atoms. The van der Waals surface area contributed by atoms with E-state index in [9.17, 15) is 9.90 Å². The summed E-state index contributed by atoms with van der Waals surface area (Å²) in [5, 5.41) is 9.47. The van der Waals surface area contributed by atoms with Crippen LogP contribution in [0.25, 0.3) is 0 Å². The van der Waals surface area contributed by atoms with Crippen molar-refractivity contribution in [1.82, 2.24) is 0 Å². The van der Waals surface area contributed by atoms with Crippen molar-refractivity contribution in [1.29, 1.82) is 0 Å². The molecule has 188 valence electrons. The number of aliphatic hydroxyl groups is 1. The third-order valence-corrected chi connectivity index (χ3v) is 5.67. The molecule has 0 amide bonds. The van der Waals surface area contributed by atoms with Gasteiger partial charge < -0.3 is 9.84 Å². The standard InChI is InChI=1S/C26H46O3S.C2H6/c1-21(2)10-6-11-22(3)12-7-13-23(4)14-8-15-24(5)17-18-26(28)29-20-25(27)16-9-19-30;1-2/h9,16-17,20-23,27,30H,6-8,10-15,18-19H2,1-5H3;1-2H3/b16-9-,24-17+,25-20+;. The predicted molar refractivity (Wildman–Crippen MR) is 144 cm³/mol. The fraction of sp³-hybridized carbons (Fsp3) is 0.750. The first kappa shape index (κ1) is 33.0. The minimum absolute atomic E-state index is 0.0861. The van der Waals surface area contributed by atoms with Crippen LogP contribution in [0.3, 0.4) is 0 Å². The van der Waals surface area contributed by atoms with E-state index in [0.717, 1.165) is 36.9 Å². The van der Waals surface area contributed by atoms with Gasteiger partial charge >= 0.3 is 5.97 Å². The Bertz CT molecular complexity index is 535. The highest BCUT2D eigenvalue weighted by molar-refractivity contribution is 7.80. The number of hydrogen-bond acceptors (Lipinski definition) is 4. The number of rotatable bonds is 17. The van der Waals surface area contributed by atoms with E-state index in [1.54, 1.807) is 6.08 Å². The van der Waals surface area contributed by atoms with Crippen molar-refractivity contribution < 1.29 is 14.6 Å². The molecule has 0 heterocycles. The maximum absolute atomic E-state index is 11.7. The van der Waals surface area contributed by atoms with E-state index >= 15 is 0 Å². The zero-order valence-corrected chi connectivity index (χ0v) is 22.9. The summed E-state index contributed by atoms with van der Waals surface area (Å²) in [5.74, 6) is 2.52. The molecular formula is C28H52O3S. The Hall–Kier alpha value is -1.16. The zero-order chi connectivity index (χ0) is 24.8. The molecule has 0 spiro atoms. The molecule has 0 saturated heterocycles. The van der Waals surface area contributed by atoms with E-state index in [4.69, 9.17) is 4.74 Å². The molecule has 0 aliphatic heterocycles. The summed E-state index contributed by atoms with van der Waals surface area (Å²) in [7, 11) is 0. The largest absolute Gasteiger partial charge is 0.505 e. The van der Waals surface area contributed by atoms with Crippen LogP contribution in [-0.4, -0.2) is 16.8 Å². The van der Waals surface area contributed by atoms with Crippen molar-refractivity contribution in [2.75, 3.05) is 5.75 Å². The quantitative estimate of drug-likeness (QED) is 0.0735. The molecule has 4 heteroatoms. The number of carbonyl (C=O) groups is 1. The molecule has 0 fully saturated rings. The average Bonchev–Trinajstić information content (AvgIpc) is 2.75. The molecule has 0 saturated carbocycles. The third kappa shape index (κ3) is 23.5. The van der Waals surface area contributed by atoms with Crippen molar-refractivity contribution in [3.63, 3.8) is 0 Å². The van der Waals surface area contributed by atoms with Crippen LogP contribution in [0, 0.1) is 17.8 Å². The molecule has 0 rings (SSSR count). The van der Waals surface area contributed by atoms with Gasteiger partial charge in [0.15, 0.2) is 0 Å². The van der Waals surface area contributed by atoms with Crippen LogP contribution in [0.15, 0.2) is 35.8 Å². The Morgan fingerprint density at radius 1 is 0.938 bits per heavy atom. The fourth-order valence-electron chi connectivity index (χ4n) is 3.45. The maximum Gasteiger partial charge on any atom is 0.314 e. The van der Waals surface area contributed by atoms with Crippen LogP contribution in [-0.2, 0) is 9.53 Å². The summed E-state index contributed by atoms with van der Waals surface area (Å²) >= 11 is 4.00. The van der Waals surface area contributed by atoms with Gasteiger partial charge in [0.2, 0.25) is 0 Å². The minimum atomic E-state index is -0.365. The lowest BCUT2D eigenvalue weighted by Gasteiger charge is -2.15. The van der Waals surface area contributed by atoms with Crippen molar-refractivity contribution in [2.24, 2.45) is 17.8 Å². The summed E-state index contributed by atoms with van der Waals surface area (Å²) < 4.78 is 4.92. The van der Waals surface area contributed by atoms with Crippen molar-refractivity contribution in [2.45, 2.75) is 113 Å². The lowest BCUT2D eigenvalue weighted by atomic mass is 9.91. The molecule has 3 nitrogen and oxygen atoms in total. The first-order valence-corrected chi connectivity index (χ1v) is 13.4. The smallest absolute Gasteiger partial charge is 0.314 e. The van der Waals surface area contributed by atoms with E-state index < -0.39 is 0 Å². The molecule has 0 aliphatic rings. The van der Waals surface area contributed by atoms with Gasteiger partial charge in [-0.1, -0.05) is 104 Å². The highest BCUT2D eigenvalue weighted by atomic mass is 32.1. The SMILES string of the molecule is C/C(=C\CC(=O)O/C=C(O)\C=C/CS)CCCC(C)CCCC(C)CCCC(C)C.CC. The van der Waals surface area contributed by atoms with Gasteiger partial charge in [0, 0.05) is 5.75 Å². The average molecular weight is 469 g/mol. The second-order valence-electron chi connectivity index (χ2n) is 9.23. The Balaban J connectivity index is 0. The highest BCUT2D eigenvalue weighted by Crippen LogP contribution is 2.22. The van der Waals surface area contributed by atoms with Crippen LogP contribution >= 0.6 is 12.6 Å². The molecule has 0 aromatic rings. The predicted octanol–water partition coefficient (Wildman–Crippen LogP) is 9.22. The lowest BCUT2D eigenvalue weighted by Crippen LogP contribution is -2.00. The van der Waals surface area contributed by atoms with Crippen LogP contribution in [0.1, 0.15) is 113 Å². The minimum Gasteiger partial charge on any atom is -0.505 e. The normalized spacial score (nSPS) is 14.3. The first-order chi connectivity index (χ1) is 15.2. The molecule has 0 aromatic carbocycles. The van der Waals surface area contributed by atoms with Gasteiger partial charge in [0.05, 0.1) is 6.42 Å². The number of aliphatic hydroxyl groups excluding tert-OH is 1. The number of allylic oxidation sites excluding steroid dienone is 2. The number of hydrogen-bond donors (Lipinski definition) is 2. The summed E-state index contributed by atoms with van der Waals surface area (Å²) in [6.45, 7) is 15.5. The summed E-state index contributed by atoms with van der Waals surface area (Å²) in [5.41, 5.74) is 1.22. The van der Waals surface area contributed by atoms with Gasteiger partial charge in [0.25, 0.3) is 0 Å². The second-order valence-corrected chi connectivity index (χ2v) is 9.60. The monoisotopic (exact) mass is 468 g/mol. The van der Waals surface area contributed by atoms with Gasteiger partial charge in [-0.2, -0.15) is 12.6 Å². The van der Waals surface area contributed by atoms with Crippen molar-refractivity contribution in [3.05, 3.63) is 35.8 Å². The van der Waals surface area contributed by atoms with Gasteiger partial charge in [-0.25, -0.2) is 0 Å². The van der Waals surface area contributed by atoms with E-state index in [1.165, 1.54) is 56.6 Å². The molecule has 0 radical (unpaired) electrons. The number of ether oxygens (including phenoxy) is 1. The molecule has 2 unspecified atom stereocenters. The van der Waals surface area contributed by atoms with Crippen LogP contribution in [0.2, 0.25) is 0 Å². The second kappa shape index (κ2) is 23.0. The topological polar surface area (TPSA) is 46.5 Å².